The molecule has 88 valence electrons. The van der Waals surface area contributed by atoms with Crippen molar-refractivity contribution in [3.63, 3.8) is 0 Å². The second-order valence-electron chi connectivity index (χ2n) is 2.50. The molecule has 0 unspecified atom stereocenters. The summed E-state index contributed by atoms with van der Waals surface area (Å²) in [5.41, 5.74) is -0.144. The summed E-state index contributed by atoms with van der Waals surface area (Å²) in [6.07, 6.45) is 0. The van der Waals surface area contributed by atoms with Gasteiger partial charge in [-0.15, -0.1) is 0 Å². The van der Waals surface area contributed by atoms with Crippen molar-refractivity contribution in [2.75, 3.05) is 7.11 Å². The Labute approximate surface area is 107 Å². The van der Waals surface area contributed by atoms with E-state index in [4.69, 9.17) is 26.3 Å². The lowest BCUT2D eigenvalue weighted by Crippen LogP contribution is -3.00. The first-order valence-electron chi connectivity index (χ1n) is 3.61. The van der Waals surface area contributed by atoms with Gasteiger partial charge in [-0.3, -0.25) is 4.55 Å². The van der Waals surface area contributed by atoms with Crippen LogP contribution in [0, 0.1) is 5.39 Å². The Bertz CT molecular complexity index is 540. The van der Waals surface area contributed by atoms with Gasteiger partial charge >= 0.3 is 5.69 Å². The smallest absolute Gasteiger partial charge is 0.427 e. The van der Waals surface area contributed by atoms with Gasteiger partial charge < -0.3 is 21.7 Å². The number of hydrogen-bond acceptors (Lipinski definition) is 4. The Morgan fingerprint density at radius 2 is 2.06 bits per heavy atom. The molecule has 0 aliphatic heterocycles. The van der Waals surface area contributed by atoms with E-state index >= 15 is 0 Å². The molecular weight excluding hydrogens is 324 g/mol. The van der Waals surface area contributed by atoms with Crippen molar-refractivity contribution in [2.24, 2.45) is 0 Å². The Hall–Kier alpha value is -0.880. The number of benzene rings is 1. The molecule has 0 spiro atoms. The van der Waals surface area contributed by atoms with Crippen LogP contribution >= 0.6 is 11.6 Å². The van der Waals surface area contributed by atoms with E-state index < -0.39 is 15.0 Å². The minimum absolute atomic E-state index is 0. The standard InChI is InChI=1S/C7H5ClN2O4S.BrH/c1-14-6-5(10-9)3-2-4(8)7(6)15(11,12)13;/h2-3H,1H3;1H. The number of methoxy groups -OCH3 is 1. The average molecular weight is 330 g/mol. The first-order valence-corrected chi connectivity index (χ1v) is 5.42. The third-order valence-electron chi connectivity index (χ3n) is 1.61. The quantitative estimate of drug-likeness (QED) is 0.560. The molecule has 0 aliphatic rings. The van der Waals surface area contributed by atoms with Gasteiger partial charge in [-0.1, -0.05) is 11.6 Å². The van der Waals surface area contributed by atoms with Gasteiger partial charge in [0.1, 0.15) is 0 Å². The zero-order valence-corrected chi connectivity index (χ0v) is 11.0. The van der Waals surface area contributed by atoms with Crippen molar-refractivity contribution in [3.05, 3.63) is 22.1 Å². The summed E-state index contributed by atoms with van der Waals surface area (Å²) < 4.78 is 35.5. The van der Waals surface area contributed by atoms with Crippen molar-refractivity contribution in [1.82, 2.24) is 0 Å². The van der Waals surface area contributed by atoms with Crippen LogP contribution in [0.1, 0.15) is 0 Å². The summed E-state index contributed by atoms with van der Waals surface area (Å²) in [5, 5.41) is 8.34. The number of rotatable bonds is 2. The van der Waals surface area contributed by atoms with Crippen molar-refractivity contribution in [1.29, 1.82) is 5.39 Å². The number of nitrogens with zero attached hydrogens (tertiary/aromatic N) is 2. The minimum Gasteiger partial charge on any atom is -1.00 e. The van der Waals surface area contributed by atoms with E-state index in [1.54, 1.807) is 0 Å². The highest BCUT2D eigenvalue weighted by Gasteiger charge is 2.29. The molecular formula is C7H6BrClN2O4S. The minimum atomic E-state index is -4.54. The first kappa shape index (κ1) is 15.1. The van der Waals surface area contributed by atoms with E-state index in [2.05, 4.69) is 4.98 Å². The molecule has 0 saturated carbocycles. The molecule has 0 aromatic heterocycles. The van der Waals surface area contributed by atoms with Crippen LogP contribution in [0.2, 0.25) is 5.02 Å². The molecule has 0 heterocycles. The van der Waals surface area contributed by atoms with Gasteiger partial charge in [0.05, 0.1) is 12.1 Å². The third-order valence-corrected chi connectivity index (χ3v) is 2.96. The van der Waals surface area contributed by atoms with Gasteiger partial charge in [-0.25, -0.2) is 0 Å². The van der Waals surface area contributed by atoms with Crippen molar-refractivity contribution in [3.8, 4) is 5.75 Å². The summed E-state index contributed by atoms with van der Waals surface area (Å²) in [4.78, 5) is 2.17. The first-order chi connectivity index (χ1) is 6.91. The molecule has 9 heteroatoms. The molecule has 0 saturated heterocycles. The number of ether oxygens (including phenoxy) is 1. The Kier molecular flexibility index (Phi) is 5.15. The molecule has 1 aromatic rings. The molecule has 0 bridgehead atoms. The molecule has 6 nitrogen and oxygen atoms in total. The number of halogens is 2. The topological polar surface area (TPSA) is 91.8 Å². The molecule has 0 fully saturated rings. The van der Waals surface area contributed by atoms with Gasteiger partial charge in [0.25, 0.3) is 10.1 Å². The molecule has 0 atom stereocenters. The lowest BCUT2D eigenvalue weighted by atomic mass is 10.3. The van der Waals surface area contributed by atoms with E-state index in [0.29, 0.717) is 0 Å². The van der Waals surface area contributed by atoms with Gasteiger partial charge in [-0.05, 0) is 6.07 Å². The third kappa shape index (κ3) is 2.82. The van der Waals surface area contributed by atoms with Crippen LogP contribution < -0.4 is 21.7 Å². The Balaban J connectivity index is 0.00000225. The van der Waals surface area contributed by atoms with Crippen LogP contribution in [0.25, 0.3) is 4.98 Å². The monoisotopic (exact) mass is 328 g/mol. The molecule has 1 aromatic carbocycles. The summed E-state index contributed by atoms with van der Waals surface area (Å²) in [6, 6.07) is 2.41. The van der Waals surface area contributed by atoms with Gasteiger partial charge in [0.2, 0.25) is 11.1 Å². The maximum absolute atomic E-state index is 11.0. The summed E-state index contributed by atoms with van der Waals surface area (Å²) >= 11 is 5.58. The Morgan fingerprint density at radius 1 is 1.50 bits per heavy atom. The zero-order valence-electron chi connectivity index (χ0n) is 7.89. The molecule has 0 amide bonds. The van der Waals surface area contributed by atoms with Crippen molar-refractivity contribution >= 4 is 27.4 Å². The van der Waals surface area contributed by atoms with E-state index in [1.807, 2.05) is 0 Å². The van der Waals surface area contributed by atoms with Crippen LogP contribution in [0.3, 0.4) is 0 Å². The molecule has 1 rings (SSSR count). The summed E-state index contributed by atoms with van der Waals surface area (Å²) in [7, 11) is -3.38. The van der Waals surface area contributed by atoms with Gasteiger partial charge in [0.15, 0.2) is 9.87 Å². The van der Waals surface area contributed by atoms with Crippen LogP contribution in [0.15, 0.2) is 17.0 Å². The molecule has 16 heavy (non-hydrogen) atoms. The summed E-state index contributed by atoms with van der Waals surface area (Å²) in [6.45, 7) is 0. The highest BCUT2D eigenvalue weighted by molar-refractivity contribution is 7.86. The lowest BCUT2D eigenvalue weighted by Gasteiger charge is -2.04. The van der Waals surface area contributed by atoms with E-state index in [1.165, 1.54) is 12.1 Å². The Morgan fingerprint density at radius 3 is 2.44 bits per heavy atom. The van der Waals surface area contributed by atoms with E-state index in [0.717, 1.165) is 7.11 Å². The largest absolute Gasteiger partial charge is 1.00 e. The predicted octanol–water partition coefficient (Wildman–Crippen LogP) is -0.916. The van der Waals surface area contributed by atoms with Crippen LogP contribution in [-0.2, 0) is 10.1 Å². The highest BCUT2D eigenvalue weighted by atomic mass is 79.9. The predicted molar refractivity (Wildman–Crippen MR) is 52.6 cm³/mol. The van der Waals surface area contributed by atoms with Crippen molar-refractivity contribution in [2.45, 2.75) is 4.90 Å². The second kappa shape index (κ2) is 5.45. The fraction of sp³-hybridized carbons (Fsp3) is 0.143. The fourth-order valence-corrected chi connectivity index (χ4v) is 2.22. The number of hydrogen-bond donors (Lipinski definition) is 1. The number of diazo groups is 1. The van der Waals surface area contributed by atoms with E-state index in [-0.39, 0.29) is 33.4 Å². The van der Waals surface area contributed by atoms with Gasteiger partial charge in [0, 0.05) is 6.07 Å². The second-order valence-corrected chi connectivity index (χ2v) is 4.27. The lowest BCUT2D eigenvalue weighted by molar-refractivity contribution is -0.00000780. The average Bonchev–Trinajstić information content (AvgIpc) is 2.15. The fourth-order valence-electron chi connectivity index (χ4n) is 1.04. The maximum atomic E-state index is 11.0. The maximum Gasteiger partial charge on any atom is 0.427 e. The summed E-state index contributed by atoms with van der Waals surface area (Å²) in [5.74, 6) is -0.312. The van der Waals surface area contributed by atoms with E-state index in [9.17, 15) is 8.42 Å². The highest BCUT2D eigenvalue weighted by Crippen LogP contribution is 2.38. The van der Waals surface area contributed by atoms with Gasteiger partial charge in [-0.2, -0.15) is 8.42 Å². The van der Waals surface area contributed by atoms with Crippen molar-refractivity contribution < 1.29 is 34.7 Å². The SMILES string of the molecule is COc1c([N+]#N)ccc(Cl)c1S(=O)(=O)O.[Br-]. The molecule has 0 aliphatic carbocycles. The molecule has 0 radical (unpaired) electrons. The van der Waals surface area contributed by atoms with Crippen LogP contribution in [0.5, 0.6) is 5.75 Å². The normalized spacial score (nSPS) is 10.1. The van der Waals surface area contributed by atoms with Crippen LogP contribution in [0.4, 0.5) is 5.69 Å². The van der Waals surface area contributed by atoms with Crippen LogP contribution in [-0.4, -0.2) is 20.1 Å². The molecule has 1 N–H and O–H groups in total. The zero-order chi connectivity index (χ0) is 11.6.